The van der Waals surface area contributed by atoms with Crippen molar-refractivity contribution in [1.82, 2.24) is 5.32 Å². The molecular formula is C46H87N2O6P. The number of rotatable bonds is 40. The number of aliphatic hydroxyl groups excluding tert-OH is 1. The van der Waals surface area contributed by atoms with Gasteiger partial charge in [0.1, 0.15) is 13.2 Å². The number of amides is 1. The van der Waals surface area contributed by atoms with Gasteiger partial charge < -0.3 is 28.8 Å². The first-order valence-electron chi connectivity index (χ1n) is 22.5. The van der Waals surface area contributed by atoms with Crippen molar-refractivity contribution in [1.29, 1.82) is 0 Å². The number of hydrogen-bond donors (Lipinski definition) is 2. The summed E-state index contributed by atoms with van der Waals surface area (Å²) in [5.41, 5.74) is 0. The van der Waals surface area contributed by atoms with Crippen LogP contribution in [0, 0.1) is 0 Å². The second-order valence-corrected chi connectivity index (χ2v) is 17.8. The van der Waals surface area contributed by atoms with Crippen LogP contribution in [0.3, 0.4) is 0 Å². The van der Waals surface area contributed by atoms with Crippen LogP contribution >= 0.6 is 7.82 Å². The predicted octanol–water partition coefficient (Wildman–Crippen LogP) is 11.8. The lowest BCUT2D eigenvalue weighted by atomic mass is 10.0. The lowest BCUT2D eigenvalue weighted by Crippen LogP contribution is -2.46. The van der Waals surface area contributed by atoms with Gasteiger partial charge in [-0.3, -0.25) is 9.36 Å². The van der Waals surface area contributed by atoms with Crippen molar-refractivity contribution in [3.05, 3.63) is 48.6 Å². The number of unbranched alkanes of at least 4 members (excludes halogenated alkanes) is 19. The SMILES string of the molecule is CCCCCCCCC/C=C/C/C=C/C/C=C/C/C=C/CCCC(=O)N[C@@H](COP(=O)([O-])OCC[N+](C)(C)C)[C@H](O)CCCCCCCCCCCCCC. The number of carbonyl (C=O) groups is 1. The highest BCUT2D eigenvalue weighted by molar-refractivity contribution is 7.45. The molecule has 0 spiro atoms. The van der Waals surface area contributed by atoms with E-state index in [1.807, 2.05) is 21.1 Å². The zero-order chi connectivity index (χ0) is 40.7. The molecule has 8 nitrogen and oxygen atoms in total. The molecule has 0 rings (SSSR count). The van der Waals surface area contributed by atoms with Crippen molar-refractivity contribution in [2.24, 2.45) is 0 Å². The first-order valence-corrected chi connectivity index (χ1v) is 23.9. The number of aliphatic hydroxyl groups is 1. The van der Waals surface area contributed by atoms with Gasteiger partial charge in [-0.1, -0.05) is 178 Å². The van der Waals surface area contributed by atoms with Gasteiger partial charge in [0.25, 0.3) is 7.82 Å². The minimum absolute atomic E-state index is 0.000360. The van der Waals surface area contributed by atoms with Crippen LogP contribution < -0.4 is 10.2 Å². The number of carbonyl (C=O) groups excluding carboxylic acids is 1. The molecule has 3 atom stereocenters. The topological polar surface area (TPSA) is 108 Å². The van der Waals surface area contributed by atoms with Gasteiger partial charge in [0.15, 0.2) is 0 Å². The molecule has 0 aromatic heterocycles. The Bertz CT molecular complexity index is 1040. The first-order chi connectivity index (χ1) is 26.5. The van der Waals surface area contributed by atoms with E-state index < -0.39 is 20.0 Å². The van der Waals surface area contributed by atoms with Gasteiger partial charge in [-0.25, -0.2) is 0 Å². The van der Waals surface area contributed by atoms with E-state index in [1.54, 1.807) is 0 Å². The summed E-state index contributed by atoms with van der Waals surface area (Å²) in [6, 6.07) is -0.829. The van der Waals surface area contributed by atoms with Crippen molar-refractivity contribution in [2.75, 3.05) is 40.9 Å². The molecule has 0 radical (unpaired) electrons. The monoisotopic (exact) mass is 795 g/mol. The number of allylic oxidation sites excluding steroid dienone is 8. The van der Waals surface area contributed by atoms with Gasteiger partial charge >= 0.3 is 0 Å². The number of hydrogen-bond acceptors (Lipinski definition) is 6. The Morgan fingerprint density at radius 3 is 1.53 bits per heavy atom. The Morgan fingerprint density at radius 2 is 1.05 bits per heavy atom. The number of nitrogens with one attached hydrogen (secondary N) is 1. The van der Waals surface area contributed by atoms with Crippen molar-refractivity contribution in [3.8, 4) is 0 Å². The molecule has 0 aliphatic heterocycles. The molecule has 9 heteroatoms. The summed E-state index contributed by atoms with van der Waals surface area (Å²) in [7, 11) is 1.26. The van der Waals surface area contributed by atoms with Crippen molar-refractivity contribution in [2.45, 2.75) is 199 Å². The highest BCUT2D eigenvalue weighted by Gasteiger charge is 2.24. The van der Waals surface area contributed by atoms with E-state index in [-0.39, 0.29) is 25.5 Å². The molecule has 0 aromatic carbocycles. The molecule has 1 unspecified atom stereocenters. The summed E-state index contributed by atoms with van der Waals surface area (Å²) in [6.07, 6.45) is 47.0. The Morgan fingerprint density at radius 1 is 0.636 bits per heavy atom. The normalized spacial score (nSPS) is 14.8. The summed E-state index contributed by atoms with van der Waals surface area (Å²) in [5, 5.41) is 13.8. The molecule has 1 amide bonds. The van der Waals surface area contributed by atoms with Gasteiger partial charge in [0.05, 0.1) is 39.9 Å². The van der Waals surface area contributed by atoms with Crippen LogP contribution in [0.4, 0.5) is 0 Å². The molecule has 55 heavy (non-hydrogen) atoms. The number of phosphoric ester groups is 1. The van der Waals surface area contributed by atoms with Crippen LogP contribution in [0.25, 0.3) is 0 Å². The third kappa shape index (κ3) is 40.5. The number of nitrogens with zero attached hydrogens (tertiary/aromatic N) is 1. The van der Waals surface area contributed by atoms with E-state index >= 15 is 0 Å². The van der Waals surface area contributed by atoms with E-state index in [4.69, 9.17) is 9.05 Å². The second kappa shape index (κ2) is 38.0. The van der Waals surface area contributed by atoms with E-state index in [0.717, 1.165) is 44.9 Å². The standard InChI is InChI=1S/C46H87N2O6P/c1-6-8-10-12-14-16-18-20-21-22-23-24-25-26-27-28-30-32-34-36-38-40-46(50)47-44(43-54-55(51,52)53-42-41-48(3,4)5)45(49)39-37-35-33-31-29-19-17-15-13-11-9-7-2/h21-22,24-25,27-28,32,34,44-45,49H,6-20,23,26,29-31,33,35-43H2,1-5H3,(H-,47,50,51,52)/b22-21+,25-24+,28-27+,34-32+/t44-,45+/m0/s1. The molecule has 0 heterocycles. The molecule has 0 saturated heterocycles. The fourth-order valence-corrected chi connectivity index (χ4v) is 6.93. The van der Waals surface area contributed by atoms with Crippen LogP contribution in [0.15, 0.2) is 48.6 Å². The van der Waals surface area contributed by atoms with Gasteiger partial charge in [0.2, 0.25) is 5.91 Å². The molecule has 2 N–H and O–H groups in total. The van der Waals surface area contributed by atoms with Gasteiger partial charge in [-0.15, -0.1) is 0 Å². The lowest BCUT2D eigenvalue weighted by Gasteiger charge is -2.30. The van der Waals surface area contributed by atoms with Crippen LogP contribution in [0.1, 0.15) is 187 Å². The third-order valence-corrected chi connectivity index (χ3v) is 10.8. The van der Waals surface area contributed by atoms with Gasteiger partial charge in [-0.05, 0) is 51.4 Å². The number of quaternary nitrogens is 1. The molecular weight excluding hydrogens is 707 g/mol. The molecule has 0 aliphatic rings. The Kier molecular flexibility index (Phi) is 36.9. The van der Waals surface area contributed by atoms with E-state index in [1.165, 1.54) is 109 Å². The Hall–Kier alpha value is -1.54. The summed E-state index contributed by atoms with van der Waals surface area (Å²) < 4.78 is 23.2. The average Bonchev–Trinajstić information content (AvgIpc) is 3.13. The van der Waals surface area contributed by atoms with Gasteiger partial charge in [0, 0.05) is 6.42 Å². The Labute approximate surface area is 339 Å². The average molecular weight is 795 g/mol. The zero-order valence-corrected chi connectivity index (χ0v) is 37.3. The van der Waals surface area contributed by atoms with Crippen LogP contribution in [0.5, 0.6) is 0 Å². The van der Waals surface area contributed by atoms with Crippen molar-refractivity contribution in [3.63, 3.8) is 0 Å². The van der Waals surface area contributed by atoms with Crippen LogP contribution in [-0.4, -0.2) is 68.5 Å². The molecule has 0 fully saturated rings. The fraction of sp³-hybridized carbons (Fsp3) is 0.804. The van der Waals surface area contributed by atoms with Crippen LogP contribution in [-0.2, 0) is 18.4 Å². The van der Waals surface area contributed by atoms with E-state index in [0.29, 0.717) is 23.9 Å². The van der Waals surface area contributed by atoms with Crippen molar-refractivity contribution >= 4 is 13.7 Å². The van der Waals surface area contributed by atoms with E-state index in [2.05, 4.69) is 67.8 Å². The smallest absolute Gasteiger partial charge is 0.268 e. The maximum absolute atomic E-state index is 12.8. The molecule has 0 saturated carbocycles. The minimum Gasteiger partial charge on any atom is -0.756 e. The van der Waals surface area contributed by atoms with E-state index in [9.17, 15) is 19.4 Å². The summed E-state index contributed by atoms with van der Waals surface area (Å²) >= 11 is 0. The number of likely N-dealkylation sites (N-methyl/N-ethyl adjacent to an activating group) is 1. The van der Waals surface area contributed by atoms with Crippen molar-refractivity contribution < 1.29 is 32.9 Å². The molecule has 0 aromatic rings. The van der Waals surface area contributed by atoms with Gasteiger partial charge in [-0.2, -0.15) is 0 Å². The largest absolute Gasteiger partial charge is 0.756 e. The molecule has 0 aliphatic carbocycles. The lowest BCUT2D eigenvalue weighted by molar-refractivity contribution is -0.870. The third-order valence-electron chi connectivity index (χ3n) is 9.82. The predicted molar refractivity (Wildman–Crippen MR) is 233 cm³/mol. The zero-order valence-electron chi connectivity index (χ0n) is 36.4. The second-order valence-electron chi connectivity index (χ2n) is 16.4. The highest BCUT2D eigenvalue weighted by atomic mass is 31.2. The summed E-state index contributed by atoms with van der Waals surface area (Å²) in [6.45, 7) is 4.65. The minimum atomic E-state index is -4.58. The molecule has 0 bridgehead atoms. The summed E-state index contributed by atoms with van der Waals surface area (Å²) in [4.78, 5) is 25.3. The maximum Gasteiger partial charge on any atom is 0.268 e. The quantitative estimate of drug-likeness (QED) is 0.0277. The number of phosphoric acid groups is 1. The Balaban J connectivity index is 4.44. The molecule has 322 valence electrons. The highest BCUT2D eigenvalue weighted by Crippen LogP contribution is 2.38. The fourth-order valence-electron chi connectivity index (χ4n) is 6.21. The maximum atomic E-state index is 12.8. The van der Waals surface area contributed by atoms with Crippen LogP contribution in [0.2, 0.25) is 0 Å². The first kappa shape index (κ1) is 53.5. The summed E-state index contributed by atoms with van der Waals surface area (Å²) in [5.74, 6) is -0.221.